The fraction of sp³-hybridized carbons (Fsp3) is 0.444. The minimum absolute atomic E-state index is 0.882. The summed E-state index contributed by atoms with van der Waals surface area (Å²) in [5.74, 6) is 0. The quantitative estimate of drug-likeness (QED) is 0.871. The topological polar surface area (TPSA) is 20.2 Å². The summed E-state index contributed by atoms with van der Waals surface area (Å²) in [6.45, 7) is 9.48. The van der Waals surface area contributed by atoms with Gasteiger partial charge in [0.05, 0.1) is 0 Å². The number of aryl methyl sites for hydroxylation is 1. The van der Waals surface area contributed by atoms with E-state index in [0.29, 0.717) is 0 Å². The van der Waals surface area contributed by atoms with Gasteiger partial charge in [0.2, 0.25) is 0 Å². The number of nitrogens with zero attached hydrogens (tertiary/aromatic N) is 2. The Bertz CT molecular complexity index is 579. The predicted octanol–water partition coefficient (Wildman–Crippen LogP) is 3.80. The van der Waals surface area contributed by atoms with Crippen LogP contribution >= 0.6 is 0 Å². The number of anilines is 1. The van der Waals surface area contributed by atoms with Gasteiger partial charge in [0.15, 0.2) is 0 Å². The van der Waals surface area contributed by atoms with Crippen LogP contribution in [0.4, 0.5) is 5.69 Å². The molecule has 3 nitrogen and oxygen atoms in total. The van der Waals surface area contributed by atoms with E-state index in [4.69, 9.17) is 0 Å². The summed E-state index contributed by atoms with van der Waals surface area (Å²) in [4.78, 5) is 2.18. The Hall–Kier alpha value is -1.74. The van der Waals surface area contributed by atoms with E-state index in [-0.39, 0.29) is 0 Å². The van der Waals surface area contributed by atoms with Crippen molar-refractivity contribution in [2.24, 2.45) is 0 Å². The van der Waals surface area contributed by atoms with Crippen molar-refractivity contribution in [1.82, 2.24) is 9.47 Å². The van der Waals surface area contributed by atoms with Crippen LogP contribution in [0, 0.1) is 13.8 Å². The second kappa shape index (κ2) is 6.81. The third kappa shape index (κ3) is 3.88. The minimum atomic E-state index is 0.882. The molecule has 0 saturated carbocycles. The molecule has 0 radical (unpaired) electrons. The van der Waals surface area contributed by atoms with Crippen LogP contribution in [-0.2, 0) is 19.6 Å². The largest absolute Gasteiger partial charge is 0.381 e. The van der Waals surface area contributed by atoms with Crippen LogP contribution in [0.5, 0.6) is 0 Å². The highest BCUT2D eigenvalue weighted by atomic mass is 15.0. The molecular formula is C18H27N3. The lowest BCUT2D eigenvalue weighted by Gasteiger charge is -2.11. The third-order valence-electron chi connectivity index (χ3n) is 3.93. The Morgan fingerprint density at radius 1 is 1.10 bits per heavy atom. The van der Waals surface area contributed by atoms with Crippen LogP contribution in [0.3, 0.4) is 0 Å². The molecule has 0 amide bonds. The Balaban J connectivity index is 2.00. The van der Waals surface area contributed by atoms with Gasteiger partial charge >= 0.3 is 0 Å². The number of hydrogen-bond acceptors (Lipinski definition) is 2. The maximum Gasteiger partial charge on any atom is 0.0418 e. The summed E-state index contributed by atoms with van der Waals surface area (Å²) < 4.78 is 2.36. The zero-order valence-corrected chi connectivity index (χ0v) is 13.9. The fourth-order valence-electron chi connectivity index (χ4n) is 2.83. The highest BCUT2D eigenvalue weighted by Crippen LogP contribution is 2.17. The summed E-state index contributed by atoms with van der Waals surface area (Å²) in [7, 11) is 4.19. The molecule has 2 rings (SSSR count). The Morgan fingerprint density at radius 3 is 2.29 bits per heavy atom. The molecule has 0 aliphatic rings. The van der Waals surface area contributed by atoms with Gasteiger partial charge in [-0.3, -0.25) is 0 Å². The van der Waals surface area contributed by atoms with Crippen LogP contribution in [0.25, 0.3) is 0 Å². The number of benzene rings is 1. The monoisotopic (exact) mass is 285 g/mol. The van der Waals surface area contributed by atoms with Crippen molar-refractivity contribution in [1.29, 1.82) is 0 Å². The van der Waals surface area contributed by atoms with Crippen LogP contribution in [0.2, 0.25) is 0 Å². The summed E-state index contributed by atoms with van der Waals surface area (Å²) in [5, 5.41) is 3.52. The molecule has 0 fully saturated rings. The standard InChI is InChI=1S/C18H27N3/c1-6-21-14(2)11-17(15(21)3)12-19-18-9-7-16(8-10-18)13-20(4)5/h7-11,19H,6,12-13H2,1-5H3. The molecule has 1 N–H and O–H groups in total. The van der Waals surface area contributed by atoms with Crippen molar-refractivity contribution in [3.63, 3.8) is 0 Å². The van der Waals surface area contributed by atoms with E-state index in [1.165, 1.54) is 28.2 Å². The van der Waals surface area contributed by atoms with E-state index in [1.54, 1.807) is 0 Å². The normalized spacial score (nSPS) is 11.1. The van der Waals surface area contributed by atoms with Crippen molar-refractivity contribution in [3.05, 3.63) is 52.8 Å². The van der Waals surface area contributed by atoms with Gasteiger partial charge in [-0.1, -0.05) is 12.1 Å². The molecule has 1 aromatic heterocycles. The maximum atomic E-state index is 3.52. The van der Waals surface area contributed by atoms with Gasteiger partial charge in [-0.25, -0.2) is 0 Å². The summed E-state index contributed by atoms with van der Waals surface area (Å²) in [6, 6.07) is 11.0. The molecule has 3 heteroatoms. The first kappa shape index (κ1) is 15.6. The maximum absolute atomic E-state index is 3.52. The molecule has 0 unspecified atom stereocenters. The second-order valence-electron chi connectivity index (χ2n) is 5.93. The van der Waals surface area contributed by atoms with Gasteiger partial charge in [-0.15, -0.1) is 0 Å². The molecule has 0 aliphatic carbocycles. The average molecular weight is 285 g/mol. The number of aromatic nitrogens is 1. The third-order valence-corrected chi connectivity index (χ3v) is 3.93. The van der Waals surface area contributed by atoms with Gasteiger partial charge in [0.1, 0.15) is 0 Å². The molecule has 0 aliphatic heterocycles. The van der Waals surface area contributed by atoms with E-state index in [2.05, 4.69) is 80.0 Å². The zero-order chi connectivity index (χ0) is 15.4. The Labute approximate surface area is 128 Å². The predicted molar refractivity (Wildman–Crippen MR) is 90.7 cm³/mol. The lowest BCUT2D eigenvalue weighted by Crippen LogP contribution is -2.10. The smallest absolute Gasteiger partial charge is 0.0418 e. The van der Waals surface area contributed by atoms with E-state index in [1.807, 2.05) is 0 Å². The van der Waals surface area contributed by atoms with Crippen LogP contribution in [0.1, 0.15) is 29.4 Å². The highest BCUT2D eigenvalue weighted by molar-refractivity contribution is 5.45. The van der Waals surface area contributed by atoms with Crippen LogP contribution < -0.4 is 5.32 Å². The van der Waals surface area contributed by atoms with Gasteiger partial charge in [0, 0.05) is 36.7 Å². The highest BCUT2D eigenvalue weighted by Gasteiger charge is 2.07. The Kier molecular flexibility index (Phi) is 5.07. The van der Waals surface area contributed by atoms with E-state index in [9.17, 15) is 0 Å². The first-order valence-electron chi connectivity index (χ1n) is 7.64. The van der Waals surface area contributed by atoms with Gasteiger partial charge in [-0.05, 0) is 64.2 Å². The molecule has 0 saturated heterocycles. The Morgan fingerprint density at radius 2 is 1.76 bits per heavy atom. The first-order chi connectivity index (χ1) is 10.0. The molecule has 2 aromatic rings. The molecule has 21 heavy (non-hydrogen) atoms. The van der Waals surface area contributed by atoms with E-state index >= 15 is 0 Å². The van der Waals surface area contributed by atoms with Gasteiger partial charge in [-0.2, -0.15) is 0 Å². The number of rotatable bonds is 6. The average Bonchev–Trinajstić information content (AvgIpc) is 2.71. The summed E-state index contributed by atoms with van der Waals surface area (Å²) in [6.07, 6.45) is 0. The van der Waals surface area contributed by atoms with E-state index in [0.717, 1.165) is 19.6 Å². The molecule has 0 atom stereocenters. The summed E-state index contributed by atoms with van der Waals surface area (Å²) >= 11 is 0. The molecular weight excluding hydrogens is 258 g/mol. The molecule has 0 spiro atoms. The van der Waals surface area contributed by atoms with Crippen LogP contribution in [0.15, 0.2) is 30.3 Å². The molecule has 1 heterocycles. The lowest BCUT2D eigenvalue weighted by atomic mass is 10.2. The second-order valence-corrected chi connectivity index (χ2v) is 5.93. The van der Waals surface area contributed by atoms with E-state index < -0.39 is 0 Å². The summed E-state index contributed by atoms with van der Waals surface area (Å²) in [5.41, 5.74) is 6.61. The molecule has 1 aromatic carbocycles. The zero-order valence-electron chi connectivity index (χ0n) is 13.9. The molecule has 0 bridgehead atoms. The van der Waals surface area contributed by atoms with Crippen LogP contribution in [-0.4, -0.2) is 23.6 Å². The molecule has 114 valence electrons. The van der Waals surface area contributed by atoms with Crippen molar-refractivity contribution in [3.8, 4) is 0 Å². The van der Waals surface area contributed by atoms with Crippen molar-refractivity contribution < 1.29 is 0 Å². The van der Waals surface area contributed by atoms with Gasteiger partial charge in [0.25, 0.3) is 0 Å². The number of hydrogen-bond donors (Lipinski definition) is 1. The fourth-order valence-corrected chi connectivity index (χ4v) is 2.83. The van der Waals surface area contributed by atoms with Crippen molar-refractivity contribution >= 4 is 5.69 Å². The minimum Gasteiger partial charge on any atom is -0.381 e. The lowest BCUT2D eigenvalue weighted by molar-refractivity contribution is 0.402. The number of nitrogens with one attached hydrogen (secondary N) is 1. The van der Waals surface area contributed by atoms with Crippen molar-refractivity contribution in [2.45, 2.75) is 40.4 Å². The SMILES string of the molecule is CCn1c(C)cc(CNc2ccc(CN(C)C)cc2)c1C. The van der Waals surface area contributed by atoms with Gasteiger partial charge < -0.3 is 14.8 Å². The van der Waals surface area contributed by atoms with Crippen molar-refractivity contribution in [2.75, 3.05) is 19.4 Å². The first-order valence-corrected chi connectivity index (χ1v) is 7.64.